The van der Waals surface area contributed by atoms with Crippen molar-refractivity contribution in [2.45, 2.75) is 6.92 Å². The molecular weight excluding hydrogens is 228 g/mol. The van der Waals surface area contributed by atoms with Crippen molar-refractivity contribution in [1.29, 1.82) is 0 Å². The quantitative estimate of drug-likeness (QED) is 0.839. The predicted molar refractivity (Wildman–Crippen MR) is 72.0 cm³/mol. The summed E-state index contributed by atoms with van der Waals surface area (Å²) in [6, 6.07) is 7.71. The molecule has 5 heteroatoms. The summed E-state index contributed by atoms with van der Waals surface area (Å²) in [7, 11) is 3.91. The second kappa shape index (κ2) is 4.91. The van der Waals surface area contributed by atoms with Gasteiger partial charge in [0.2, 0.25) is 0 Å². The minimum absolute atomic E-state index is 0.303. The Hall–Kier alpha value is -2.30. The molecule has 0 aliphatic carbocycles. The van der Waals surface area contributed by atoms with E-state index in [1.807, 2.05) is 44.1 Å². The summed E-state index contributed by atoms with van der Waals surface area (Å²) < 4.78 is 5.61. The molecule has 1 aromatic heterocycles. The first kappa shape index (κ1) is 12.2. The van der Waals surface area contributed by atoms with Crippen LogP contribution in [-0.4, -0.2) is 24.1 Å². The number of nitrogen functional groups attached to an aromatic ring is 1. The highest BCUT2D eigenvalue weighted by Gasteiger charge is 2.07. The van der Waals surface area contributed by atoms with E-state index in [-0.39, 0.29) is 0 Å². The zero-order valence-electron chi connectivity index (χ0n) is 10.7. The minimum atomic E-state index is 0.303. The Labute approximate surface area is 106 Å². The van der Waals surface area contributed by atoms with Crippen molar-refractivity contribution >= 4 is 11.4 Å². The first-order valence-electron chi connectivity index (χ1n) is 5.60. The number of aromatic nitrogens is 2. The lowest BCUT2D eigenvalue weighted by Gasteiger charge is -2.15. The van der Waals surface area contributed by atoms with Crippen LogP contribution in [0.4, 0.5) is 11.4 Å². The van der Waals surface area contributed by atoms with Crippen LogP contribution in [0.1, 0.15) is 5.69 Å². The maximum absolute atomic E-state index is 5.88. The summed E-state index contributed by atoms with van der Waals surface area (Å²) in [5.41, 5.74) is 8.29. The molecule has 0 aliphatic heterocycles. The molecule has 2 aromatic rings. The van der Waals surface area contributed by atoms with Gasteiger partial charge in [-0.15, -0.1) is 0 Å². The van der Waals surface area contributed by atoms with Gasteiger partial charge in [-0.05, 0) is 25.1 Å². The van der Waals surface area contributed by atoms with Gasteiger partial charge in [-0.25, -0.2) is 9.97 Å². The minimum Gasteiger partial charge on any atom is -0.422 e. The number of hydrogen-bond donors (Lipinski definition) is 1. The highest BCUT2D eigenvalue weighted by atomic mass is 16.5. The second-order valence-electron chi connectivity index (χ2n) is 4.20. The van der Waals surface area contributed by atoms with Crippen LogP contribution < -0.4 is 15.4 Å². The summed E-state index contributed by atoms with van der Waals surface area (Å²) in [6.45, 7) is 1.88. The zero-order chi connectivity index (χ0) is 13.1. The standard InChI is InChI=1S/C13H16N4O/c1-9-6-7-15-13(16-9)18-12-8-10(17(2)3)4-5-11(12)14/h4-8H,14H2,1-3H3. The number of hydrogen-bond acceptors (Lipinski definition) is 5. The lowest BCUT2D eigenvalue weighted by atomic mass is 10.2. The lowest BCUT2D eigenvalue weighted by Crippen LogP contribution is -2.09. The van der Waals surface area contributed by atoms with Crippen molar-refractivity contribution in [2.75, 3.05) is 24.7 Å². The smallest absolute Gasteiger partial charge is 0.322 e. The van der Waals surface area contributed by atoms with Gasteiger partial charge in [-0.3, -0.25) is 0 Å². The van der Waals surface area contributed by atoms with Crippen LogP contribution in [-0.2, 0) is 0 Å². The Morgan fingerprint density at radius 1 is 1.22 bits per heavy atom. The Morgan fingerprint density at radius 2 is 2.00 bits per heavy atom. The Balaban J connectivity index is 2.30. The maximum Gasteiger partial charge on any atom is 0.322 e. The molecule has 0 bridgehead atoms. The summed E-state index contributed by atoms with van der Waals surface area (Å²) in [5.74, 6) is 0.562. The third-order valence-electron chi connectivity index (χ3n) is 2.49. The van der Waals surface area contributed by atoms with Crippen LogP contribution in [0, 0.1) is 6.92 Å². The highest BCUT2D eigenvalue weighted by Crippen LogP contribution is 2.29. The van der Waals surface area contributed by atoms with E-state index in [0.717, 1.165) is 11.4 Å². The number of rotatable bonds is 3. The third kappa shape index (κ3) is 2.68. The van der Waals surface area contributed by atoms with Gasteiger partial charge in [0, 0.05) is 37.7 Å². The van der Waals surface area contributed by atoms with Crippen LogP contribution in [0.2, 0.25) is 0 Å². The van der Waals surface area contributed by atoms with Gasteiger partial charge >= 0.3 is 6.01 Å². The summed E-state index contributed by atoms with van der Waals surface area (Å²) in [6.07, 6.45) is 1.66. The molecule has 0 aliphatic rings. The fourth-order valence-corrected chi connectivity index (χ4v) is 1.46. The molecule has 0 fully saturated rings. The van der Waals surface area contributed by atoms with Gasteiger partial charge in [0.15, 0.2) is 5.75 Å². The average Bonchev–Trinajstić information content (AvgIpc) is 2.31. The van der Waals surface area contributed by atoms with E-state index < -0.39 is 0 Å². The molecule has 2 N–H and O–H groups in total. The summed E-state index contributed by atoms with van der Waals surface area (Å²) in [4.78, 5) is 10.2. The Morgan fingerprint density at radius 3 is 2.67 bits per heavy atom. The molecule has 0 atom stereocenters. The molecule has 1 aromatic carbocycles. The summed E-state index contributed by atoms with van der Waals surface area (Å²) in [5, 5.41) is 0. The molecule has 1 heterocycles. The fraction of sp³-hybridized carbons (Fsp3) is 0.231. The van der Waals surface area contributed by atoms with E-state index in [9.17, 15) is 0 Å². The van der Waals surface area contributed by atoms with Crippen molar-refractivity contribution < 1.29 is 4.74 Å². The van der Waals surface area contributed by atoms with Gasteiger partial charge in [0.05, 0.1) is 5.69 Å². The van der Waals surface area contributed by atoms with Crippen LogP contribution in [0.5, 0.6) is 11.8 Å². The van der Waals surface area contributed by atoms with E-state index in [0.29, 0.717) is 17.4 Å². The zero-order valence-corrected chi connectivity index (χ0v) is 10.7. The van der Waals surface area contributed by atoms with Crippen molar-refractivity contribution in [3.8, 4) is 11.8 Å². The number of nitrogens with zero attached hydrogens (tertiary/aromatic N) is 3. The van der Waals surface area contributed by atoms with Gasteiger partial charge in [0.1, 0.15) is 0 Å². The maximum atomic E-state index is 5.88. The highest BCUT2D eigenvalue weighted by molar-refractivity contribution is 5.62. The largest absolute Gasteiger partial charge is 0.422 e. The van der Waals surface area contributed by atoms with Crippen molar-refractivity contribution in [2.24, 2.45) is 0 Å². The SMILES string of the molecule is Cc1ccnc(Oc2cc(N(C)C)ccc2N)n1. The van der Waals surface area contributed by atoms with Crippen LogP contribution in [0.3, 0.4) is 0 Å². The van der Waals surface area contributed by atoms with Crippen LogP contribution in [0.15, 0.2) is 30.5 Å². The van der Waals surface area contributed by atoms with Gasteiger partial charge in [-0.1, -0.05) is 0 Å². The number of nitrogens with two attached hydrogens (primary N) is 1. The number of anilines is 2. The van der Waals surface area contributed by atoms with Gasteiger partial charge < -0.3 is 15.4 Å². The van der Waals surface area contributed by atoms with Crippen molar-refractivity contribution in [3.05, 3.63) is 36.2 Å². The monoisotopic (exact) mass is 244 g/mol. The van der Waals surface area contributed by atoms with Gasteiger partial charge in [-0.2, -0.15) is 0 Å². The molecule has 94 valence electrons. The second-order valence-corrected chi connectivity index (χ2v) is 4.20. The molecule has 0 radical (unpaired) electrons. The van der Waals surface area contributed by atoms with Gasteiger partial charge in [0.25, 0.3) is 0 Å². The molecule has 5 nitrogen and oxygen atoms in total. The molecule has 18 heavy (non-hydrogen) atoms. The lowest BCUT2D eigenvalue weighted by molar-refractivity contribution is 0.442. The fourth-order valence-electron chi connectivity index (χ4n) is 1.46. The van der Waals surface area contributed by atoms with Crippen molar-refractivity contribution in [1.82, 2.24) is 9.97 Å². The van der Waals surface area contributed by atoms with Crippen LogP contribution >= 0.6 is 0 Å². The summed E-state index contributed by atoms with van der Waals surface area (Å²) >= 11 is 0. The van der Waals surface area contributed by atoms with Crippen LogP contribution in [0.25, 0.3) is 0 Å². The molecule has 0 amide bonds. The molecule has 0 saturated heterocycles. The van der Waals surface area contributed by atoms with E-state index in [1.165, 1.54) is 0 Å². The predicted octanol–water partition coefficient (Wildman–Crippen LogP) is 2.23. The van der Waals surface area contributed by atoms with Crippen molar-refractivity contribution in [3.63, 3.8) is 0 Å². The molecular formula is C13H16N4O. The third-order valence-corrected chi connectivity index (χ3v) is 2.49. The van der Waals surface area contributed by atoms with E-state index >= 15 is 0 Å². The van der Waals surface area contributed by atoms with E-state index in [1.54, 1.807) is 12.3 Å². The molecule has 0 spiro atoms. The molecule has 0 unspecified atom stereocenters. The molecule has 2 rings (SSSR count). The topological polar surface area (TPSA) is 64.3 Å². The first-order valence-corrected chi connectivity index (χ1v) is 5.60. The number of ether oxygens (including phenoxy) is 1. The van der Waals surface area contributed by atoms with E-state index in [4.69, 9.17) is 10.5 Å². The first-order chi connectivity index (χ1) is 8.56. The Kier molecular flexibility index (Phi) is 3.32. The van der Waals surface area contributed by atoms with E-state index in [2.05, 4.69) is 9.97 Å². The number of aryl methyl sites for hydroxylation is 1. The normalized spacial score (nSPS) is 10.2. The molecule has 0 saturated carbocycles. The number of benzene rings is 1. The Bertz CT molecular complexity index is 554. The average molecular weight is 244 g/mol.